The van der Waals surface area contributed by atoms with E-state index >= 15 is 0 Å². The highest BCUT2D eigenvalue weighted by atomic mass is 35.5. The molecule has 1 fully saturated rings. The minimum absolute atomic E-state index is 0.0972. The van der Waals surface area contributed by atoms with E-state index in [1.54, 1.807) is 24.3 Å². The lowest BCUT2D eigenvalue weighted by Gasteiger charge is -2.08. The third-order valence-electron chi connectivity index (χ3n) is 3.93. The van der Waals surface area contributed by atoms with Crippen molar-refractivity contribution in [3.05, 3.63) is 40.1 Å². The molecular formula is C16H16Cl2N2O2. The Morgan fingerprint density at radius 2 is 2.05 bits per heavy atom. The molecule has 0 radical (unpaired) electrons. The molecule has 1 aromatic heterocycles. The summed E-state index contributed by atoms with van der Waals surface area (Å²) in [5.74, 6) is 0.848. The van der Waals surface area contributed by atoms with Gasteiger partial charge in [-0.15, -0.1) is 0 Å². The van der Waals surface area contributed by atoms with Crippen LogP contribution in [0.3, 0.4) is 0 Å². The second-order valence-electron chi connectivity index (χ2n) is 5.50. The Kier molecular flexibility index (Phi) is 4.69. The van der Waals surface area contributed by atoms with E-state index in [0.717, 1.165) is 31.2 Å². The Bertz CT molecular complexity index is 679. The molecule has 1 aliphatic carbocycles. The quantitative estimate of drug-likeness (QED) is 0.895. The molecule has 0 saturated heterocycles. The molecule has 0 aliphatic heterocycles. The Balaban J connectivity index is 1.64. The molecule has 3 rings (SSSR count). The van der Waals surface area contributed by atoms with Gasteiger partial charge in [-0.2, -0.15) is 0 Å². The molecule has 22 heavy (non-hydrogen) atoms. The van der Waals surface area contributed by atoms with Crippen LogP contribution in [0, 0.1) is 5.92 Å². The second kappa shape index (κ2) is 6.71. The first-order valence-electron chi connectivity index (χ1n) is 7.32. The summed E-state index contributed by atoms with van der Waals surface area (Å²) in [5.41, 5.74) is 1.38. The topological polar surface area (TPSA) is 55.1 Å². The predicted octanol–water partition coefficient (Wildman–Crippen LogP) is 4.45. The van der Waals surface area contributed by atoms with Crippen molar-refractivity contribution in [3.63, 3.8) is 0 Å². The van der Waals surface area contributed by atoms with Crippen LogP contribution in [0.15, 0.2) is 28.8 Å². The SMILES string of the molecule is O=C(NCc1cc(-c2ccc(Cl)cc2Cl)no1)C1CCCC1. The molecule has 1 amide bonds. The lowest BCUT2D eigenvalue weighted by molar-refractivity contribution is -0.125. The van der Waals surface area contributed by atoms with Gasteiger partial charge in [0.15, 0.2) is 5.76 Å². The zero-order valence-corrected chi connectivity index (χ0v) is 13.5. The molecule has 1 aliphatic rings. The average molecular weight is 339 g/mol. The zero-order chi connectivity index (χ0) is 15.5. The lowest BCUT2D eigenvalue weighted by atomic mass is 10.1. The summed E-state index contributed by atoms with van der Waals surface area (Å²) in [6.07, 6.45) is 4.24. The van der Waals surface area contributed by atoms with Crippen molar-refractivity contribution in [1.82, 2.24) is 10.5 Å². The van der Waals surface area contributed by atoms with Crippen LogP contribution in [0.4, 0.5) is 0 Å². The first-order chi connectivity index (χ1) is 10.6. The summed E-state index contributed by atoms with van der Waals surface area (Å²) in [6, 6.07) is 6.99. The summed E-state index contributed by atoms with van der Waals surface area (Å²) < 4.78 is 5.26. The van der Waals surface area contributed by atoms with Crippen molar-refractivity contribution in [3.8, 4) is 11.3 Å². The van der Waals surface area contributed by atoms with Crippen LogP contribution in [0.25, 0.3) is 11.3 Å². The van der Waals surface area contributed by atoms with E-state index in [2.05, 4.69) is 10.5 Å². The molecule has 0 atom stereocenters. The molecule has 1 aromatic carbocycles. The summed E-state index contributed by atoms with van der Waals surface area (Å²) in [6.45, 7) is 0.341. The third-order valence-corrected chi connectivity index (χ3v) is 4.48. The normalized spacial score (nSPS) is 15.2. The van der Waals surface area contributed by atoms with Crippen molar-refractivity contribution in [2.24, 2.45) is 5.92 Å². The van der Waals surface area contributed by atoms with Crippen LogP contribution in [-0.2, 0) is 11.3 Å². The van der Waals surface area contributed by atoms with Gasteiger partial charge in [-0.05, 0) is 31.0 Å². The molecule has 1 N–H and O–H groups in total. The van der Waals surface area contributed by atoms with Gasteiger partial charge in [-0.25, -0.2) is 0 Å². The van der Waals surface area contributed by atoms with Crippen LogP contribution >= 0.6 is 23.2 Å². The molecular weight excluding hydrogens is 323 g/mol. The molecule has 0 spiro atoms. The number of carbonyl (C=O) groups is 1. The minimum atomic E-state index is 0.0972. The van der Waals surface area contributed by atoms with E-state index in [1.807, 2.05) is 0 Å². The maximum absolute atomic E-state index is 12.0. The van der Waals surface area contributed by atoms with E-state index in [-0.39, 0.29) is 11.8 Å². The Hall–Kier alpha value is -1.52. The standard InChI is InChI=1S/C16H16Cl2N2O2/c17-11-5-6-13(14(18)7-11)15-8-12(22-20-15)9-19-16(21)10-3-1-2-4-10/h5-8,10H,1-4,9H2,(H,19,21). The largest absolute Gasteiger partial charge is 0.359 e. The predicted molar refractivity (Wildman–Crippen MR) is 85.8 cm³/mol. The lowest BCUT2D eigenvalue weighted by Crippen LogP contribution is -2.28. The fourth-order valence-electron chi connectivity index (χ4n) is 2.73. The number of aromatic nitrogens is 1. The number of halogens is 2. The van der Waals surface area contributed by atoms with E-state index < -0.39 is 0 Å². The van der Waals surface area contributed by atoms with Gasteiger partial charge in [0.25, 0.3) is 0 Å². The van der Waals surface area contributed by atoms with E-state index in [0.29, 0.717) is 28.0 Å². The van der Waals surface area contributed by atoms with Crippen molar-refractivity contribution >= 4 is 29.1 Å². The van der Waals surface area contributed by atoms with Gasteiger partial charge >= 0.3 is 0 Å². The maximum atomic E-state index is 12.0. The smallest absolute Gasteiger partial charge is 0.223 e. The molecule has 0 unspecified atom stereocenters. The number of hydrogen-bond donors (Lipinski definition) is 1. The second-order valence-corrected chi connectivity index (χ2v) is 6.35. The monoisotopic (exact) mass is 338 g/mol. The van der Waals surface area contributed by atoms with Crippen LogP contribution in [0.5, 0.6) is 0 Å². The van der Waals surface area contributed by atoms with Crippen molar-refractivity contribution in [1.29, 1.82) is 0 Å². The van der Waals surface area contributed by atoms with Crippen LogP contribution in [0.2, 0.25) is 10.0 Å². The van der Waals surface area contributed by atoms with Crippen LogP contribution in [-0.4, -0.2) is 11.1 Å². The number of rotatable bonds is 4. The Morgan fingerprint density at radius 1 is 1.27 bits per heavy atom. The van der Waals surface area contributed by atoms with Gasteiger partial charge in [0.05, 0.1) is 11.6 Å². The Labute approximate surface area is 138 Å². The average Bonchev–Trinajstić information content (AvgIpc) is 3.16. The molecule has 116 valence electrons. The number of amides is 1. The molecule has 2 aromatic rings. The van der Waals surface area contributed by atoms with Crippen molar-refractivity contribution < 1.29 is 9.32 Å². The summed E-state index contributed by atoms with van der Waals surface area (Å²) in [7, 11) is 0. The molecule has 4 nitrogen and oxygen atoms in total. The summed E-state index contributed by atoms with van der Waals surface area (Å²) in [4.78, 5) is 12.0. The van der Waals surface area contributed by atoms with Gasteiger partial charge in [0.1, 0.15) is 5.69 Å². The van der Waals surface area contributed by atoms with E-state index in [1.165, 1.54) is 0 Å². The first-order valence-corrected chi connectivity index (χ1v) is 8.08. The molecule has 6 heteroatoms. The highest BCUT2D eigenvalue weighted by Crippen LogP contribution is 2.30. The van der Waals surface area contributed by atoms with Gasteiger partial charge in [-0.1, -0.05) is 41.2 Å². The molecule has 1 heterocycles. The number of carbonyl (C=O) groups excluding carboxylic acids is 1. The Morgan fingerprint density at radius 3 is 2.77 bits per heavy atom. The van der Waals surface area contributed by atoms with Gasteiger partial charge in [0, 0.05) is 22.6 Å². The zero-order valence-electron chi connectivity index (χ0n) is 11.9. The van der Waals surface area contributed by atoms with Crippen molar-refractivity contribution in [2.75, 3.05) is 0 Å². The number of nitrogens with zero attached hydrogens (tertiary/aromatic N) is 1. The number of nitrogens with one attached hydrogen (secondary N) is 1. The summed E-state index contributed by atoms with van der Waals surface area (Å²) in [5, 5.41) is 7.99. The van der Waals surface area contributed by atoms with Gasteiger partial charge in [-0.3, -0.25) is 4.79 Å². The maximum Gasteiger partial charge on any atom is 0.223 e. The number of hydrogen-bond acceptors (Lipinski definition) is 3. The first kappa shape index (κ1) is 15.4. The van der Waals surface area contributed by atoms with Crippen LogP contribution in [0.1, 0.15) is 31.4 Å². The van der Waals surface area contributed by atoms with E-state index in [4.69, 9.17) is 27.7 Å². The third kappa shape index (κ3) is 3.45. The molecule has 1 saturated carbocycles. The fourth-order valence-corrected chi connectivity index (χ4v) is 3.23. The highest BCUT2D eigenvalue weighted by molar-refractivity contribution is 6.36. The molecule has 0 bridgehead atoms. The van der Waals surface area contributed by atoms with Gasteiger partial charge < -0.3 is 9.84 Å². The van der Waals surface area contributed by atoms with Crippen LogP contribution < -0.4 is 5.32 Å². The minimum Gasteiger partial charge on any atom is -0.359 e. The summed E-state index contributed by atoms with van der Waals surface area (Å²) >= 11 is 12.0. The van der Waals surface area contributed by atoms with Gasteiger partial charge in [0.2, 0.25) is 5.91 Å². The highest BCUT2D eigenvalue weighted by Gasteiger charge is 2.22. The van der Waals surface area contributed by atoms with E-state index in [9.17, 15) is 4.79 Å². The van der Waals surface area contributed by atoms with Crippen molar-refractivity contribution in [2.45, 2.75) is 32.2 Å². The fraction of sp³-hybridized carbons (Fsp3) is 0.375. The number of benzene rings is 1.